The lowest BCUT2D eigenvalue weighted by atomic mass is 10.1. The van der Waals surface area contributed by atoms with Gasteiger partial charge in [0.1, 0.15) is 17.2 Å². The third-order valence-electron chi connectivity index (χ3n) is 4.18. The highest BCUT2D eigenvalue weighted by Gasteiger charge is 2.21. The maximum absolute atomic E-state index is 13.6. The zero-order valence-electron chi connectivity index (χ0n) is 14.7. The van der Waals surface area contributed by atoms with Crippen LogP contribution in [0.25, 0.3) is 11.4 Å². The number of nitrogens with zero attached hydrogens (tertiary/aromatic N) is 5. The van der Waals surface area contributed by atoms with Gasteiger partial charge in [-0.3, -0.25) is 14.8 Å². The summed E-state index contributed by atoms with van der Waals surface area (Å²) in [6.07, 6.45) is 1.12. The van der Waals surface area contributed by atoms with Gasteiger partial charge < -0.3 is 4.52 Å². The number of aryl methyl sites for hydroxylation is 4. The number of rotatable bonds is 6. The number of nitro groups is 1. The molecule has 0 bridgehead atoms. The zero-order chi connectivity index (χ0) is 18.8. The van der Waals surface area contributed by atoms with Crippen LogP contribution in [0.2, 0.25) is 0 Å². The molecule has 0 atom stereocenters. The second-order valence-corrected chi connectivity index (χ2v) is 6.08. The van der Waals surface area contributed by atoms with Gasteiger partial charge in [-0.05, 0) is 38.8 Å². The summed E-state index contributed by atoms with van der Waals surface area (Å²) in [7, 11) is 0. The van der Waals surface area contributed by atoms with Crippen LogP contribution in [-0.2, 0) is 13.0 Å². The molecule has 9 heteroatoms. The van der Waals surface area contributed by atoms with Crippen LogP contribution in [0.15, 0.2) is 22.7 Å². The Balaban J connectivity index is 1.65. The summed E-state index contributed by atoms with van der Waals surface area (Å²) in [6, 6.07) is 4.78. The Morgan fingerprint density at radius 1 is 1.31 bits per heavy atom. The van der Waals surface area contributed by atoms with E-state index in [0.717, 1.165) is 0 Å². The molecule has 0 amide bonds. The van der Waals surface area contributed by atoms with Gasteiger partial charge in [0, 0.05) is 18.5 Å². The van der Waals surface area contributed by atoms with Gasteiger partial charge in [0.05, 0.1) is 4.92 Å². The van der Waals surface area contributed by atoms with E-state index in [4.69, 9.17) is 4.52 Å². The maximum Gasteiger partial charge on any atom is 0.312 e. The minimum absolute atomic E-state index is 0.0477. The second kappa shape index (κ2) is 7.03. The lowest BCUT2D eigenvalue weighted by Crippen LogP contribution is -2.04. The van der Waals surface area contributed by atoms with Gasteiger partial charge in [-0.15, -0.1) is 0 Å². The first-order valence-corrected chi connectivity index (χ1v) is 8.14. The Hall–Kier alpha value is -3.10. The molecule has 0 radical (unpaired) electrons. The molecule has 3 aromatic rings. The number of benzene rings is 1. The van der Waals surface area contributed by atoms with Gasteiger partial charge in [0.2, 0.25) is 11.7 Å². The highest BCUT2D eigenvalue weighted by molar-refractivity contribution is 5.54. The second-order valence-electron chi connectivity index (χ2n) is 6.08. The molecule has 2 heterocycles. The van der Waals surface area contributed by atoms with Crippen molar-refractivity contribution < 1.29 is 13.8 Å². The molecule has 8 nitrogen and oxygen atoms in total. The van der Waals surface area contributed by atoms with E-state index in [1.54, 1.807) is 37.6 Å². The van der Waals surface area contributed by atoms with Crippen LogP contribution in [0.5, 0.6) is 0 Å². The fourth-order valence-electron chi connectivity index (χ4n) is 2.76. The van der Waals surface area contributed by atoms with Crippen molar-refractivity contribution in [1.82, 2.24) is 19.9 Å². The quantitative estimate of drug-likeness (QED) is 0.493. The first kappa shape index (κ1) is 17.7. The molecule has 0 saturated heterocycles. The van der Waals surface area contributed by atoms with Crippen LogP contribution in [-0.4, -0.2) is 24.8 Å². The van der Waals surface area contributed by atoms with E-state index in [9.17, 15) is 14.5 Å². The van der Waals surface area contributed by atoms with Crippen molar-refractivity contribution in [2.75, 3.05) is 0 Å². The van der Waals surface area contributed by atoms with Crippen molar-refractivity contribution >= 4 is 5.69 Å². The van der Waals surface area contributed by atoms with Crippen molar-refractivity contribution in [2.45, 2.75) is 40.2 Å². The Kier molecular flexibility index (Phi) is 4.79. The van der Waals surface area contributed by atoms with Crippen molar-refractivity contribution in [3.05, 3.63) is 57.0 Å². The zero-order valence-corrected chi connectivity index (χ0v) is 14.7. The Labute approximate surface area is 148 Å². The number of hydrogen-bond donors (Lipinski definition) is 0. The van der Waals surface area contributed by atoms with Crippen LogP contribution in [0.3, 0.4) is 0 Å². The monoisotopic (exact) mass is 359 g/mol. The fraction of sp³-hybridized carbons (Fsp3) is 0.353. The summed E-state index contributed by atoms with van der Waals surface area (Å²) in [5, 5.41) is 19.1. The lowest BCUT2D eigenvalue weighted by Gasteiger charge is -2.01. The average Bonchev–Trinajstić information content (AvgIpc) is 3.15. The summed E-state index contributed by atoms with van der Waals surface area (Å²) in [5.41, 5.74) is 2.07. The van der Waals surface area contributed by atoms with Gasteiger partial charge >= 0.3 is 5.69 Å². The van der Waals surface area contributed by atoms with Crippen molar-refractivity contribution in [2.24, 2.45) is 0 Å². The predicted octanol–water partition coefficient (Wildman–Crippen LogP) is 3.54. The Morgan fingerprint density at radius 2 is 2.08 bits per heavy atom. The molecule has 3 rings (SSSR count). The molecule has 26 heavy (non-hydrogen) atoms. The Bertz CT molecular complexity index is 963. The predicted molar refractivity (Wildman–Crippen MR) is 91.1 cm³/mol. The summed E-state index contributed by atoms with van der Waals surface area (Å²) < 4.78 is 20.5. The maximum atomic E-state index is 13.6. The summed E-state index contributed by atoms with van der Waals surface area (Å²) in [6.45, 7) is 5.48. The molecular weight excluding hydrogens is 341 g/mol. The SMILES string of the molecule is Cc1ccc(-c2noc(CCCn3nc(C)c([N+](=O)[O-])c3C)n2)cc1F. The standard InChI is InChI=1S/C17H18FN5O3/c1-10-6-7-13(9-14(10)18)17-19-15(26-21-17)5-4-8-22-12(3)16(23(24)25)11(2)20-22/h6-7,9H,4-5,8H2,1-3H3. The third kappa shape index (κ3) is 3.46. The summed E-state index contributed by atoms with van der Waals surface area (Å²) >= 11 is 0. The average molecular weight is 359 g/mol. The van der Waals surface area contributed by atoms with Gasteiger partial charge in [0.25, 0.3) is 0 Å². The third-order valence-corrected chi connectivity index (χ3v) is 4.18. The molecule has 136 valence electrons. The smallest absolute Gasteiger partial charge is 0.312 e. The molecule has 0 saturated carbocycles. The van der Waals surface area contributed by atoms with Crippen molar-refractivity contribution in [3.63, 3.8) is 0 Å². The van der Waals surface area contributed by atoms with E-state index in [0.29, 0.717) is 53.6 Å². The van der Waals surface area contributed by atoms with Crippen LogP contribution in [0.4, 0.5) is 10.1 Å². The van der Waals surface area contributed by atoms with Crippen LogP contribution >= 0.6 is 0 Å². The molecule has 0 spiro atoms. The Morgan fingerprint density at radius 3 is 2.73 bits per heavy atom. The van der Waals surface area contributed by atoms with Crippen molar-refractivity contribution in [1.29, 1.82) is 0 Å². The molecule has 0 fully saturated rings. The van der Waals surface area contributed by atoms with Gasteiger partial charge in [-0.1, -0.05) is 17.3 Å². The van der Waals surface area contributed by atoms with Crippen LogP contribution in [0.1, 0.15) is 29.3 Å². The van der Waals surface area contributed by atoms with E-state index in [2.05, 4.69) is 15.2 Å². The summed E-state index contributed by atoms with van der Waals surface area (Å²) in [5.74, 6) is 0.442. The molecule has 0 unspecified atom stereocenters. The van der Waals surface area contributed by atoms with E-state index in [1.807, 2.05) is 0 Å². The molecule has 0 N–H and O–H groups in total. The normalized spacial score (nSPS) is 11.1. The molecule has 0 aliphatic heterocycles. The molecule has 1 aromatic carbocycles. The van der Waals surface area contributed by atoms with E-state index >= 15 is 0 Å². The first-order chi connectivity index (χ1) is 12.4. The topological polar surface area (TPSA) is 99.9 Å². The molecular formula is C17H18FN5O3. The summed E-state index contributed by atoms with van der Waals surface area (Å²) in [4.78, 5) is 14.9. The first-order valence-electron chi connectivity index (χ1n) is 8.14. The minimum Gasteiger partial charge on any atom is -0.339 e. The highest BCUT2D eigenvalue weighted by Crippen LogP contribution is 2.22. The molecule has 2 aromatic heterocycles. The van der Waals surface area contributed by atoms with Crippen molar-refractivity contribution in [3.8, 4) is 11.4 Å². The van der Waals surface area contributed by atoms with E-state index < -0.39 is 4.92 Å². The van der Waals surface area contributed by atoms with E-state index in [1.165, 1.54) is 6.07 Å². The van der Waals surface area contributed by atoms with E-state index in [-0.39, 0.29) is 11.5 Å². The number of hydrogen-bond acceptors (Lipinski definition) is 6. The van der Waals surface area contributed by atoms with Gasteiger partial charge in [-0.2, -0.15) is 10.1 Å². The molecule has 0 aliphatic carbocycles. The van der Waals surface area contributed by atoms with Crippen LogP contribution < -0.4 is 0 Å². The number of halogens is 1. The number of aromatic nitrogens is 4. The minimum atomic E-state index is -0.418. The largest absolute Gasteiger partial charge is 0.339 e. The molecule has 0 aliphatic rings. The lowest BCUT2D eigenvalue weighted by molar-refractivity contribution is -0.386. The van der Waals surface area contributed by atoms with Gasteiger partial charge in [0.15, 0.2) is 0 Å². The van der Waals surface area contributed by atoms with Crippen LogP contribution in [0, 0.1) is 36.7 Å². The van der Waals surface area contributed by atoms with Gasteiger partial charge in [-0.25, -0.2) is 4.39 Å². The fourth-order valence-corrected chi connectivity index (χ4v) is 2.76. The highest BCUT2D eigenvalue weighted by atomic mass is 19.1.